The molecule has 0 fully saturated rings. The molecule has 0 saturated carbocycles. The molecule has 96 valence electrons. The highest BCUT2D eigenvalue weighted by molar-refractivity contribution is 7.17. The van der Waals surface area contributed by atoms with Crippen LogP contribution >= 0.6 is 23.1 Å². The summed E-state index contributed by atoms with van der Waals surface area (Å²) in [6, 6.07) is 0. The van der Waals surface area contributed by atoms with Gasteiger partial charge in [-0.05, 0) is 13.0 Å². The van der Waals surface area contributed by atoms with Crippen LogP contribution in [-0.4, -0.2) is 21.9 Å². The minimum Gasteiger partial charge on any atom is -0.401 e. The van der Waals surface area contributed by atoms with Gasteiger partial charge in [-0.2, -0.15) is 0 Å². The van der Waals surface area contributed by atoms with E-state index in [9.17, 15) is 4.79 Å². The number of halogens is 1. The Labute approximate surface area is 114 Å². The fourth-order valence-corrected chi connectivity index (χ4v) is 2.88. The van der Waals surface area contributed by atoms with Crippen LogP contribution in [-0.2, 0) is 4.79 Å². The summed E-state index contributed by atoms with van der Waals surface area (Å²) in [5.41, 5.74) is 8.23. The van der Waals surface area contributed by atoms with Gasteiger partial charge in [0.15, 0.2) is 5.13 Å². The quantitative estimate of drug-likeness (QED) is 0.816. The molecular formula is C11H13ClN4OS. The third-order valence-corrected chi connectivity index (χ3v) is 3.63. The van der Waals surface area contributed by atoms with Crippen LogP contribution in [0.15, 0.2) is 18.0 Å². The first-order valence-electron chi connectivity index (χ1n) is 5.31. The van der Waals surface area contributed by atoms with Gasteiger partial charge in [-0.25, -0.2) is 4.98 Å². The second-order valence-electron chi connectivity index (χ2n) is 3.98. The normalized spacial score (nSPS) is 15.2. The van der Waals surface area contributed by atoms with Crippen LogP contribution < -0.4 is 11.1 Å². The van der Waals surface area contributed by atoms with Gasteiger partial charge in [0.2, 0.25) is 5.91 Å². The molecule has 1 aliphatic rings. The third-order valence-electron chi connectivity index (χ3n) is 2.30. The fraction of sp³-hybridized carbons (Fsp3) is 0.273. The van der Waals surface area contributed by atoms with Crippen LogP contribution in [0, 0.1) is 6.92 Å². The number of carbonyl (C=O) groups is 1. The van der Waals surface area contributed by atoms with Gasteiger partial charge in [0, 0.05) is 36.2 Å². The number of aromatic nitrogens is 1. The van der Waals surface area contributed by atoms with Gasteiger partial charge in [0.1, 0.15) is 0 Å². The van der Waals surface area contributed by atoms with Crippen molar-refractivity contribution in [1.29, 1.82) is 0 Å². The van der Waals surface area contributed by atoms with E-state index < -0.39 is 0 Å². The van der Waals surface area contributed by atoms with Gasteiger partial charge in [-0.1, -0.05) is 11.3 Å². The van der Waals surface area contributed by atoms with Crippen LogP contribution in [0.5, 0.6) is 0 Å². The Hall–Kier alpha value is -1.53. The standard InChI is InChI=1S/C11H13ClN4OS/c1-6-10(18-11(14-6)15-7(2)17)8-3-9(13)5-16(12)4-8/h3-4H,5,13H2,1-2H3,(H,14,15,17). The van der Waals surface area contributed by atoms with Crippen molar-refractivity contribution in [2.45, 2.75) is 13.8 Å². The third kappa shape index (κ3) is 2.83. The monoisotopic (exact) mass is 284 g/mol. The van der Waals surface area contributed by atoms with Crippen LogP contribution in [0.2, 0.25) is 0 Å². The molecule has 0 bridgehead atoms. The van der Waals surface area contributed by atoms with Gasteiger partial charge in [0.05, 0.1) is 17.1 Å². The highest BCUT2D eigenvalue weighted by atomic mass is 35.5. The summed E-state index contributed by atoms with van der Waals surface area (Å²) in [4.78, 5) is 16.2. The number of nitrogens with zero attached hydrogens (tertiary/aromatic N) is 2. The molecule has 1 aliphatic heterocycles. The Morgan fingerprint density at radius 2 is 2.39 bits per heavy atom. The minimum absolute atomic E-state index is 0.137. The molecule has 5 nitrogen and oxygen atoms in total. The Balaban J connectivity index is 2.34. The van der Waals surface area contributed by atoms with Gasteiger partial charge >= 0.3 is 0 Å². The van der Waals surface area contributed by atoms with Gasteiger partial charge in [0.25, 0.3) is 0 Å². The van der Waals surface area contributed by atoms with Gasteiger partial charge in [-0.3, -0.25) is 9.21 Å². The molecule has 0 radical (unpaired) electrons. The fourth-order valence-electron chi connectivity index (χ4n) is 1.65. The summed E-state index contributed by atoms with van der Waals surface area (Å²) in [5.74, 6) is -0.137. The maximum Gasteiger partial charge on any atom is 0.223 e. The number of thiazole rings is 1. The first-order chi connectivity index (χ1) is 8.45. The van der Waals surface area contributed by atoms with E-state index in [0.29, 0.717) is 17.4 Å². The molecule has 2 heterocycles. The molecule has 0 aromatic carbocycles. The molecule has 1 aromatic heterocycles. The molecule has 0 spiro atoms. The molecule has 0 unspecified atom stereocenters. The van der Waals surface area contributed by atoms with Crippen LogP contribution in [0.25, 0.3) is 5.57 Å². The Morgan fingerprint density at radius 1 is 1.67 bits per heavy atom. The summed E-state index contributed by atoms with van der Waals surface area (Å²) in [5, 5.41) is 3.25. The Morgan fingerprint density at radius 3 is 3.00 bits per heavy atom. The Kier molecular flexibility index (Phi) is 3.58. The number of rotatable bonds is 2. The number of nitrogens with two attached hydrogens (primary N) is 1. The van der Waals surface area contributed by atoms with Crippen molar-refractivity contribution in [3.05, 3.63) is 28.5 Å². The number of amides is 1. The number of hydrogen-bond acceptors (Lipinski definition) is 5. The number of carbonyl (C=O) groups excluding carboxylic acids is 1. The molecule has 0 atom stereocenters. The predicted molar refractivity (Wildman–Crippen MR) is 74.0 cm³/mol. The topological polar surface area (TPSA) is 71.2 Å². The zero-order valence-electron chi connectivity index (χ0n) is 10.0. The smallest absolute Gasteiger partial charge is 0.223 e. The lowest BCUT2D eigenvalue weighted by Crippen LogP contribution is -2.18. The average molecular weight is 285 g/mol. The maximum absolute atomic E-state index is 11.0. The molecule has 2 rings (SSSR count). The van der Waals surface area contributed by atoms with E-state index in [1.165, 1.54) is 22.7 Å². The maximum atomic E-state index is 11.0. The van der Waals surface area contributed by atoms with E-state index in [4.69, 9.17) is 17.5 Å². The van der Waals surface area contributed by atoms with Crippen LogP contribution in [0.4, 0.5) is 5.13 Å². The Bertz CT molecular complexity index is 549. The molecular weight excluding hydrogens is 272 g/mol. The van der Waals surface area contributed by atoms with Crippen molar-refractivity contribution in [2.24, 2.45) is 5.73 Å². The minimum atomic E-state index is -0.137. The summed E-state index contributed by atoms with van der Waals surface area (Å²) >= 11 is 7.35. The predicted octanol–water partition coefficient (Wildman–Crippen LogP) is 2.06. The number of hydrogen-bond donors (Lipinski definition) is 2. The molecule has 3 N–H and O–H groups in total. The zero-order valence-corrected chi connectivity index (χ0v) is 11.6. The number of allylic oxidation sites excluding steroid dienone is 2. The zero-order chi connectivity index (χ0) is 13.3. The first-order valence-corrected chi connectivity index (χ1v) is 6.47. The van der Waals surface area contributed by atoms with Crippen LogP contribution in [0.3, 0.4) is 0 Å². The lowest BCUT2D eigenvalue weighted by Gasteiger charge is -2.17. The molecule has 0 saturated heterocycles. The highest BCUT2D eigenvalue weighted by Gasteiger charge is 2.16. The van der Waals surface area contributed by atoms with E-state index in [0.717, 1.165) is 16.1 Å². The van der Waals surface area contributed by atoms with E-state index in [1.807, 2.05) is 13.0 Å². The second kappa shape index (κ2) is 4.99. The summed E-state index contributed by atoms with van der Waals surface area (Å²) in [6.45, 7) is 3.84. The lowest BCUT2D eigenvalue weighted by atomic mass is 10.1. The van der Waals surface area contributed by atoms with Crippen molar-refractivity contribution < 1.29 is 4.79 Å². The lowest BCUT2D eigenvalue weighted by molar-refractivity contribution is -0.114. The van der Waals surface area contributed by atoms with Crippen molar-refractivity contribution in [1.82, 2.24) is 9.40 Å². The average Bonchev–Trinajstić information content (AvgIpc) is 2.56. The largest absolute Gasteiger partial charge is 0.401 e. The summed E-state index contributed by atoms with van der Waals surface area (Å²) < 4.78 is 1.50. The van der Waals surface area contributed by atoms with E-state index >= 15 is 0 Å². The molecule has 18 heavy (non-hydrogen) atoms. The van der Waals surface area contributed by atoms with Crippen LogP contribution in [0.1, 0.15) is 17.5 Å². The molecule has 1 amide bonds. The molecule has 0 aliphatic carbocycles. The second-order valence-corrected chi connectivity index (χ2v) is 5.41. The number of anilines is 1. The molecule has 7 heteroatoms. The van der Waals surface area contributed by atoms with Gasteiger partial charge < -0.3 is 11.1 Å². The summed E-state index contributed by atoms with van der Waals surface area (Å²) in [6.07, 6.45) is 3.67. The number of aryl methyl sites for hydroxylation is 1. The summed E-state index contributed by atoms with van der Waals surface area (Å²) in [7, 11) is 0. The van der Waals surface area contributed by atoms with E-state index in [1.54, 1.807) is 6.20 Å². The SMILES string of the molecule is CC(=O)Nc1nc(C)c(C2=CN(Cl)CC(N)=C2)s1. The van der Waals surface area contributed by atoms with Gasteiger partial charge in [-0.15, -0.1) is 0 Å². The highest BCUT2D eigenvalue weighted by Crippen LogP contribution is 2.32. The van der Waals surface area contributed by atoms with Crippen molar-refractivity contribution in [2.75, 3.05) is 11.9 Å². The molecule has 1 aromatic rings. The van der Waals surface area contributed by atoms with E-state index in [2.05, 4.69) is 10.3 Å². The number of nitrogens with one attached hydrogen (secondary N) is 1. The van der Waals surface area contributed by atoms with Crippen molar-refractivity contribution in [3.63, 3.8) is 0 Å². The van der Waals surface area contributed by atoms with Crippen molar-refractivity contribution >= 4 is 39.7 Å². The van der Waals surface area contributed by atoms with Crippen molar-refractivity contribution in [3.8, 4) is 0 Å². The van der Waals surface area contributed by atoms with E-state index in [-0.39, 0.29) is 5.91 Å². The first kappa shape index (κ1) is 12.9.